The first-order valence-corrected chi connectivity index (χ1v) is 9.27. The van der Waals surface area contributed by atoms with E-state index in [0.717, 1.165) is 35.9 Å². The van der Waals surface area contributed by atoms with Crippen LogP contribution in [-0.2, 0) is 16.6 Å². The Morgan fingerprint density at radius 1 is 1.19 bits per heavy atom. The van der Waals surface area contributed by atoms with Crippen molar-refractivity contribution in [1.29, 1.82) is 0 Å². The summed E-state index contributed by atoms with van der Waals surface area (Å²) >= 11 is 0. The van der Waals surface area contributed by atoms with Gasteiger partial charge in [-0.3, -0.25) is 4.79 Å². The number of oxazole rings is 1. The molecular weight excluding hydrogens is 328 g/mol. The average Bonchev–Trinajstić information content (AvgIpc) is 2.98. The number of nitrogens with zero attached hydrogens (tertiary/aromatic N) is 1. The van der Waals surface area contributed by atoms with Gasteiger partial charge in [-0.1, -0.05) is 39.0 Å². The number of carbonyl (C=O) groups is 1. The number of aryl methyl sites for hydroxylation is 2. The van der Waals surface area contributed by atoms with E-state index in [4.69, 9.17) is 9.15 Å². The monoisotopic (exact) mass is 358 g/mol. The zero-order valence-corrected chi connectivity index (χ0v) is 16.3. The molecule has 5 heteroatoms. The molecule has 0 atom stereocenters. The van der Waals surface area contributed by atoms with Gasteiger partial charge in [0.05, 0.1) is 12.3 Å². The Hall–Kier alpha value is -2.30. The maximum atomic E-state index is 11.9. The highest BCUT2D eigenvalue weighted by Crippen LogP contribution is 2.24. The fourth-order valence-electron chi connectivity index (χ4n) is 2.49. The number of aromatic nitrogens is 1. The van der Waals surface area contributed by atoms with E-state index in [9.17, 15) is 4.79 Å². The Bertz CT molecular complexity index is 687. The van der Waals surface area contributed by atoms with Crippen LogP contribution in [0.5, 0.6) is 5.75 Å². The second-order valence-corrected chi connectivity index (χ2v) is 7.50. The number of ether oxygens (including phenoxy) is 1. The van der Waals surface area contributed by atoms with Gasteiger partial charge in [-0.25, -0.2) is 4.98 Å². The number of benzene rings is 1. The summed E-state index contributed by atoms with van der Waals surface area (Å²) in [6.07, 6.45) is 2.80. The molecule has 1 amide bonds. The predicted octanol–water partition coefficient (Wildman–Crippen LogP) is 4.19. The molecule has 5 nitrogen and oxygen atoms in total. The summed E-state index contributed by atoms with van der Waals surface area (Å²) < 4.78 is 11.5. The third-order valence-corrected chi connectivity index (χ3v) is 4.00. The molecule has 0 radical (unpaired) electrons. The highest BCUT2D eigenvalue weighted by molar-refractivity contribution is 5.75. The standard InChI is InChI=1S/C21H30N2O3/c1-16-18(26-20(23-16)21(2,3)4)12-8-14-22-19(24)13-9-15-25-17-10-6-5-7-11-17/h5-7,10-11H,8-9,12-15H2,1-4H3,(H,22,24). The zero-order chi connectivity index (χ0) is 19.0. The van der Waals surface area contributed by atoms with Gasteiger partial charge >= 0.3 is 0 Å². The zero-order valence-electron chi connectivity index (χ0n) is 16.3. The fourth-order valence-corrected chi connectivity index (χ4v) is 2.49. The molecule has 1 aromatic heterocycles. The van der Waals surface area contributed by atoms with Crippen LogP contribution in [0.2, 0.25) is 0 Å². The number of carbonyl (C=O) groups excluding carboxylic acids is 1. The summed E-state index contributed by atoms with van der Waals surface area (Å²) in [5.74, 6) is 2.59. The van der Waals surface area contributed by atoms with Crippen molar-refractivity contribution in [2.24, 2.45) is 0 Å². The van der Waals surface area contributed by atoms with Crippen molar-refractivity contribution in [3.8, 4) is 5.75 Å². The minimum absolute atomic E-state index is 0.0614. The average molecular weight is 358 g/mol. The molecule has 0 fully saturated rings. The van der Waals surface area contributed by atoms with E-state index < -0.39 is 0 Å². The molecule has 0 aliphatic carbocycles. The van der Waals surface area contributed by atoms with E-state index in [1.807, 2.05) is 37.3 Å². The lowest BCUT2D eigenvalue weighted by Gasteiger charge is -2.12. The van der Waals surface area contributed by atoms with Crippen LogP contribution >= 0.6 is 0 Å². The summed E-state index contributed by atoms with van der Waals surface area (Å²) in [5.41, 5.74) is 0.860. The quantitative estimate of drug-likeness (QED) is 0.683. The van der Waals surface area contributed by atoms with Gasteiger partial charge in [0.15, 0.2) is 5.89 Å². The molecule has 0 unspecified atom stereocenters. The van der Waals surface area contributed by atoms with Crippen molar-refractivity contribution in [3.05, 3.63) is 47.7 Å². The fraction of sp³-hybridized carbons (Fsp3) is 0.524. The van der Waals surface area contributed by atoms with Crippen molar-refractivity contribution in [2.75, 3.05) is 13.2 Å². The van der Waals surface area contributed by atoms with Gasteiger partial charge in [0.1, 0.15) is 11.5 Å². The molecule has 1 heterocycles. The smallest absolute Gasteiger partial charge is 0.220 e. The van der Waals surface area contributed by atoms with Crippen molar-refractivity contribution >= 4 is 5.91 Å². The Morgan fingerprint density at radius 3 is 2.58 bits per heavy atom. The van der Waals surface area contributed by atoms with E-state index in [0.29, 0.717) is 26.0 Å². The first kappa shape index (κ1) is 20.0. The van der Waals surface area contributed by atoms with E-state index in [-0.39, 0.29) is 11.3 Å². The number of amides is 1. The molecule has 2 aromatic rings. The summed E-state index contributed by atoms with van der Waals surface area (Å²) in [4.78, 5) is 16.4. The van der Waals surface area contributed by atoms with Crippen LogP contribution in [0.1, 0.15) is 57.4 Å². The van der Waals surface area contributed by atoms with Gasteiger partial charge in [0, 0.05) is 24.8 Å². The van der Waals surface area contributed by atoms with Gasteiger partial charge < -0.3 is 14.5 Å². The highest BCUT2D eigenvalue weighted by atomic mass is 16.5. The SMILES string of the molecule is Cc1nc(C(C)(C)C)oc1CCCNC(=O)CCCOc1ccccc1. The van der Waals surface area contributed by atoms with E-state index in [1.54, 1.807) is 0 Å². The largest absolute Gasteiger partial charge is 0.494 e. The lowest BCUT2D eigenvalue weighted by molar-refractivity contribution is -0.121. The van der Waals surface area contributed by atoms with Crippen LogP contribution in [0.3, 0.4) is 0 Å². The first-order valence-electron chi connectivity index (χ1n) is 9.27. The number of hydrogen-bond donors (Lipinski definition) is 1. The summed E-state index contributed by atoms with van der Waals surface area (Å²) in [6, 6.07) is 9.64. The summed E-state index contributed by atoms with van der Waals surface area (Å²) in [7, 11) is 0. The molecule has 0 aliphatic heterocycles. The Morgan fingerprint density at radius 2 is 1.92 bits per heavy atom. The van der Waals surface area contributed by atoms with Crippen LogP contribution < -0.4 is 10.1 Å². The predicted molar refractivity (Wildman–Crippen MR) is 102 cm³/mol. The lowest BCUT2D eigenvalue weighted by atomic mass is 9.97. The lowest BCUT2D eigenvalue weighted by Crippen LogP contribution is -2.24. The van der Waals surface area contributed by atoms with Gasteiger partial charge in [-0.05, 0) is 31.9 Å². The molecule has 26 heavy (non-hydrogen) atoms. The molecule has 0 saturated carbocycles. The highest BCUT2D eigenvalue weighted by Gasteiger charge is 2.21. The Labute approximate surface area is 156 Å². The van der Waals surface area contributed by atoms with Gasteiger partial charge in [-0.15, -0.1) is 0 Å². The second-order valence-electron chi connectivity index (χ2n) is 7.50. The van der Waals surface area contributed by atoms with Crippen molar-refractivity contribution in [1.82, 2.24) is 10.3 Å². The van der Waals surface area contributed by atoms with Crippen LogP contribution in [0.4, 0.5) is 0 Å². The maximum Gasteiger partial charge on any atom is 0.220 e. The molecule has 1 aromatic carbocycles. The van der Waals surface area contributed by atoms with E-state index in [2.05, 4.69) is 31.1 Å². The van der Waals surface area contributed by atoms with E-state index >= 15 is 0 Å². The number of hydrogen-bond acceptors (Lipinski definition) is 4. The van der Waals surface area contributed by atoms with Crippen molar-refractivity contribution in [3.63, 3.8) is 0 Å². The Kier molecular flexibility index (Phi) is 7.25. The minimum Gasteiger partial charge on any atom is -0.494 e. The van der Waals surface area contributed by atoms with Gasteiger partial charge in [0.2, 0.25) is 5.91 Å². The molecule has 0 spiro atoms. The van der Waals surface area contributed by atoms with Crippen LogP contribution in [-0.4, -0.2) is 24.0 Å². The summed E-state index contributed by atoms with van der Waals surface area (Å²) in [6.45, 7) is 9.42. The molecule has 1 N–H and O–H groups in total. The number of nitrogens with one attached hydrogen (secondary N) is 1. The maximum absolute atomic E-state index is 11.9. The third-order valence-electron chi connectivity index (χ3n) is 4.00. The molecule has 2 rings (SSSR count). The number of para-hydroxylation sites is 1. The molecule has 0 bridgehead atoms. The Balaban J connectivity index is 1.59. The summed E-state index contributed by atoms with van der Waals surface area (Å²) in [5, 5.41) is 2.95. The van der Waals surface area contributed by atoms with Crippen molar-refractivity contribution < 1.29 is 13.9 Å². The third kappa shape index (κ3) is 6.54. The molecule has 142 valence electrons. The number of rotatable bonds is 9. The minimum atomic E-state index is -0.0843. The van der Waals surface area contributed by atoms with Gasteiger partial charge in [0.25, 0.3) is 0 Å². The van der Waals surface area contributed by atoms with Crippen LogP contribution in [0, 0.1) is 6.92 Å². The second kappa shape index (κ2) is 9.41. The molecule has 0 aliphatic rings. The van der Waals surface area contributed by atoms with Gasteiger partial charge in [-0.2, -0.15) is 0 Å². The normalized spacial score (nSPS) is 11.4. The topological polar surface area (TPSA) is 64.4 Å². The van der Waals surface area contributed by atoms with Crippen LogP contribution in [0.15, 0.2) is 34.7 Å². The van der Waals surface area contributed by atoms with Crippen LogP contribution in [0.25, 0.3) is 0 Å². The molecular formula is C21H30N2O3. The molecule has 0 saturated heterocycles. The van der Waals surface area contributed by atoms with Crippen molar-refractivity contribution in [2.45, 2.75) is 58.8 Å². The first-order chi connectivity index (χ1) is 12.4. The van der Waals surface area contributed by atoms with E-state index in [1.165, 1.54) is 0 Å².